The van der Waals surface area contributed by atoms with Crippen molar-refractivity contribution in [3.8, 4) is 0 Å². The molecule has 1 aromatic heterocycles. The first-order valence-electron chi connectivity index (χ1n) is 5.05. The highest BCUT2D eigenvalue weighted by Gasteiger charge is 2.19. The molecule has 1 fully saturated rings. The highest BCUT2D eigenvalue weighted by molar-refractivity contribution is 5.36. The van der Waals surface area contributed by atoms with Crippen molar-refractivity contribution in [1.82, 2.24) is 9.97 Å². The molecular weight excluding hydrogens is 176 g/mol. The van der Waals surface area contributed by atoms with Crippen LogP contribution in [0.15, 0.2) is 12.3 Å². The summed E-state index contributed by atoms with van der Waals surface area (Å²) in [6.07, 6.45) is 5.75. The van der Waals surface area contributed by atoms with Crippen LogP contribution in [-0.4, -0.2) is 23.6 Å². The molecule has 76 valence electrons. The van der Waals surface area contributed by atoms with Crippen molar-refractivity contribution in [3.63, 3.8) is 0 Å². The van der Waals surface area contributed by atoms with Gasteiger partial charge in [-0.3, -0.25) is 0 Å². The number of hydrogen-bond acceptors (Lipinski definition) is 4. The van der Waals surface area contributed by atoms with Gasteiger partial charge in [-0.15, -0.1) is 0 Å². The Hall–Kier alpha value is -1.32. The molecule has 1 aliphatic rings. The van der Waals surface area contributed by atoms with Crippen LogP contribution in [0.5, 0.6) is 0 Å². The summed E-state index contributed by atoms with van der Waals surface area (Å²) in [6.45, 7) is 1.05. The fraction of sp³-hybridized carbons (Fsp3) is 0.600. The lowest BCUT2D eigenvalue weighted by atomic mass is 9.85. The number of rotatable bonds is 3. The van der Waals surface area contributed by atoms with Crippen molar-refractivity contribution in [2.45, 2.75) is 19.3 Å². The summed E-state index contributed by atoms with van der Waals surface area (Å²) in [6, 6.07) is 1.71. The topological polar surface area (TPSA) is 55.0 Å². The summed E-state index contributed by atoms with van der Waals surface area (Å²) < 4.78 is 0. The molecule has 1 aliphatic carbocycles. The van der Waals surface area contributed by atoms with Crippen molar-refractivity contribution in [1.29, 1.82) is 0 Å². The van der Waals surface area contributed by atoms with Gasteiger partial charge in [-0.2, -0.15) is 4.98 Å². The van der Waals surface area contributed by atoms with E-state index in [1.54, 1.807) is 12.3 Å². The van der Waals surface area contributed by atoms with E-state index in [1.165, 1.54) is 19.3 Å². The molecule has 14 heavy (non-hydrogen) atoms. The van der Waals surface area contributed by atoms with E-state index in [0.717, 1.165) is 18.4 Å². The zero-order valence-electron chi connectivity index (χ0n) is 8.48. The second-order valence-corrected chi connectivity index (χ2v) is 3.96. The minimum Gasteiger partial charge on any atom is -0.384 e. The highest BCUT2D eigenvalue weighted by atomic mass is 15.2. The van der Waals surface area contributed by atoms with Crippen molar-refractivity contribution < 1.29 is 0 Å². The molecule has 0 spiro atoms. The number of nitrogen functional groups attached to an aromatic ring is 1. The molecule has 2 N–H and O–H groups in total. The summed E-state index contributed by atoms with van der Waals surface area (Å²) >= 11 is 0. The SMILES string of the molecule is CN(CC1CCC1)c1nccc(N)n1. The Morgan fingerprint density at radius 2 is 2.36 bits per heavy atom. The number of aromatic nitrogens is 2. The molecule has 0 atom stereocenters. The molecule has 1 saturated carbocycles. The first-order chi connectivity index (χ1) is 6.75. The standard InChI is InChI=1S/C10H16N4/c1-14(7-8-3-2-4-8)10-12-6-5-9(11)13-10/h5-6,8H,2-4,7H2,1H3,(H2,11,12,13). The molecule has 0 aromatic carbocycles. The van der Waals surface area contributed by atoms with Crippen LogP contribution in [0, 0.1) is 5.92 Å². The van der Waals surface area contributed by atoms with Crippen molar-refractivity contribution in [2.75, 3.05) is 24.2 Å². The molecule has 4 heteroatoms. The predicted molar refractivity (Wildman–Crippen MR) is 57.1 cm³/mol. The van der Waals surface area contributed by atoms with Gasteiger partial charge in [0, 0.05) is 19.8 Å². The molecule has 0 radical (unpaired) electrons. The Kier molecular flexibility index (Phi) is 2.52. The Morgan fingerprint density at radius 1 is 1.57 bits per heavy atom. The van der Waals surface area contributed by atoms with Crippen LogP contribution in [0.1, 0.15) is 19.3 Å². The van der Waals surface area contributed by atoms with E-state index in [1.807, 2.05) is 7.05 Å². The zero-order valence-corrected chi connectivity index (χ0v) is 8.48. The molecule has 0 amide bonds. The largest absolute Gasteiger partial charge is 0.384 e. The maximum Gasteiger partial charge on any atom is 0.226 e. The number of anilines is 2. The van der Waals surface area contributed by atoms with Gasteiger partial charge in [0.2, 0.25) is 5.95 Å². The van der Waals surface area contributed by atoms with Crippen LogP contribution in [0.2, 0.25) is 0 Å². The van der Waals surface area contributed by atoms with Gasteiger partial charge in [0.25, 0.3) is 0 Å². The lowest BCUT2D eigenvalue weighted by Gasteiger charge is -2.30. The van der Waals surface area contributed by atoms with E-state index in [0.29, 0.717) is 5.82 Å². The van der Waals surface area contributed by atoms with Crippen LogP contribution < -0.4 is 10.6 Å². The van der Waals surface area contributed by atoms with E-state index < -0.39 is 0 Å². The van der Waals surface area contributed by atoms with Crippen molar-refractivity contribution in [2.24, 2.45) is 5.92 Å². The maximum atomic E-state index is 5.60. The van der Waals surface area contributed by atoms with E-state index in [4.69, 9.17) is 5.73 Å². The number of nitrogens with zero attached hydrogens (tertiary/aromatic N) is 3. The summed E-state index contributed by atoms with van der Waals surface area (Å²) in [7, 11) is 2.02. The van der Waals surface area contributed by atoms with Gasteiger partial charge in [0.1, 0.15) is 5.82 Å². The van der Waals surface area contributed by atoms with Crippen molar-refractivity contribution in [3.05, 3.63) is 12.3 Å². The summed E-state index contributed by atoms with van der Waals surface area (Å²) in [4.78, 5) is 10.4. The minimum atomic E-state index is 0.537. The van der Waals surface area contributed by atoms with E-state index in [2.05, 4.69) is 14.9 Å². The lowest BCUT2D eigenvalue weighted by Crippen LogP contribution is -2.30. The van der Waals surface area contributed by atoms with Gasteiger partial charge in [0.15, 0.2) is 0 Å². The second-order valence-electron chi connectivity index (χ2n) is 3.96. The van der Waals surface area contributed by atoms with E-state index >= 15 is 0 Å². The Balaban J connectivity index is 1.98. The quantitative estimate of drug-likeness (QED) is 0.784. The molecule has 0 bridgehead atoms. The van der Waals surface area contributed by atoms with Gasteiger partial charge in [-0.1, -0.05) is 6.42 Å². The van der Waals surface area contributed by atoms with Gasteiger partial charge in [-0.05, 0) is 24.8 Å². The smallest absolute Gasteiger partial charge is 0.226 e. The summed E-state index contributed by atoms with van der Waals surface area (Å²) in [5.74, 6) is 2.09. The first kappa shape index (κ1) is 9.24. The zero-order chi connectivity index (χ0) is 9.97. The molecule has 0 aliphatic heterocycles. The average molecular weight is 192 g/mol. The third-order valence-corrected chi connectivity index (χ3v) is 2.76. The molecule has 1 heterocycles. The first-order valence-corrected chi connectivity index (χ1v) is 5.05. The monoisotopic (exact) mass is 192 g/mol. The molecule has 2 rings (SSSR count). The van der Waals surface area contributed by atoms with Crippen molar-refractivity contribution >= 4 is 11.8 Å². The van der Waals surface area contributed by atoms with Gasteiger partial charge >= 0.3 is 0 Å². The Bertz CT molecular complexity index is 309. The van der Waals surface area contributed by atoms with Crippen LogP contribution in [-0.2, 0) is 0 Å². The lowest BCUT2D eigenvalue weighted by molar-refractivity contribution is 0.320. The third-order valence-electron chi connectivity index (χ3n) is 2.76. The molecule has 0 saturated heterocycles. The van der Waals surface area contributed by atoms with Crippen LogP contribution in [0.4, 0.5) is 11.8 Å². The van der Waals surface area contributed by atoms with Crippen LogP contribution in [0.25, 0.3) is 0 Å². The second kappa shape index (κ2) is 3.82. The Morgan fingerprint density at radius 3 is 2.93 bits per heavy atom. The third kappa shape index (κ3) is 1.95. The normalized spacial score (nSPS) is 16.4. The minimum absolute atomic E-state index is 0.537. The molecule has 4 nitrogen and oxygen atoms in total. The van der Waals surface area contributed by atoms with Gasteiger partial charge in [0.05, 0.1) is 0 Å². The maximum absolute atomic E-state index is 5.60. The van der Waals surface area contributed by atoms with Crippen LogP contribution >= 0.6 is 0 Å². The summed E-state index contributed by atoms with van der Waals surface area (Å²) in [5.41, 5.74) is 5.60. The van der Waals surface area contributed by atoms with E-state index in [9.17, 15) is 0 Å². The van der Waals surface area contributed by atoms with Crippen LogP contribution in [0.3, 0.4) is 0 Å². The van der Waals surface area contributed by atoms with E-state index in [-0.39, 0.29) is 0 Å². The average Bonchev–Trinajstić information content (AvgIpc) is 2.11. The number of hydrogen-bond donors (Lipinski definition) is 1. The van der Waals surface area contributed by atoms with Gasteiger partial charge < -0.3 is 10.6 Å². The fourth-order valence-corrected chi connectivity index (χ4v) is 1.69. The highest BCUT2D eigenvalue weighted by Crippen LogP contribution is 2.27. The fourth-order valence-electron chi connectivity index (χ4n) is 1.69. The molecular formula is C10H16N4. The molecule has 1 aromatic rings. The number of nitrogens with two attached hydrogens (primary N) is 1. The molecule has 0 unspecified atom stereocenters. The van der Waals surface area contributed by atoms with Gasteiger partial charge in [-0.25, -0.2) is 4.98 Å². The predicted octanol–water partition coefficient (Wildman–Crippen LogP) is 1.30. The Labute approximate surface area is 84.2 Å². The summed E-state index contributed by atoms with van der Waals surface area (Å²) in [5, 5.41) is 0.